The molecule has 0 unspecified atom stereocenters. The first-order chi connectivity index (χ1) is 9.29. The molecular formula is C19H18. The number of aryl methyl sites for hydroxylation is 2. The smallest absolute Gasteiger partial charge is 0.0103 e. The van der Waals surface area contributed by atoms with Crippen LogP contribution in [0.5, 0.6) is 0 Å². The Bertz CT molecular complexity index is 706. The molecule has 0 spiro atoms. The fourth-order valence-electron chi connectivity index (χ4n) is 2.62. The number of hydrogen-bond donors (Lipinski definition) is 0. The highest BCUT2D eigenvalue weighted by atomic mass is 14.1. The second-order valence-electron chi connectivity index (χ2n) is 5.03. The second kappa shape index (κ2) is 4.89. The van der Waals surface area contributed by atoms with E-state index in [0.29, 0.717) is 0 Å². The summed E-state index contributed by atoms with van der Waals surface area (Å²) in [7, 11) is 0. The summed E-state index contributed by atoms with van der Waals surface area (Å²) in [6.45, 7) is 4.36. The SMILES string of the molecule is CCc1ccc(-c2ccc(C)c3ccccc23)cc1. The van der Waals surface area contributed by atoms with Crippen molar-refractivity contribution in [3.8, 4) is 11.1 Å². The molecule has 0 saturated carbocycles. The molecule has 0 heteroatoms. The molecule has 19 heavy (non-hydrogen) atoms. The van der Waals surface area contributed by atoms with E-state index in [9.17, 15) is 0 Å². The van der Waals surface area contributed by atoms with Crippen LogP contribution in [0, 0.1) is 6.92 Å². The molecule has 3 rings (SSSR count). The molecule has 94 valence electrons. The highest BCUT2D eigenvalue weighted by molar-refractivity contribution is 5.98. The summed E-state index contributed by atoms with van der Waals surface area (Å²) in [5.74, 6) is 0. The molecule has 0 fully saturated rings. The van der Waals surface area contributed by atoms with Gasteiger partial charge in [-0.05, 0) is 46.4 Å². The number of rotatable bonds is 2. The van der Waals surface area contributed by atoms with E-state index in [1.807, 2.05) is 0 Å². The number of benzene rings is 3. The third kappa shape index (κ3) is 2.15. The first-order valence-corrected chi connectivity index (χ1v) is 6.87. The van der Waals surface area contributed by atoms with Crippen molar-refractivity contribution in [1.82, 2.24) is 0 Å². The van der Waals surface area contributed by atoms with E-state index in [2.05, 4.69) is 74.5 Å². The summed E-state index contributed by atoms with van der Waals surface area (Å²) >= 11 is 0. The van der Waals surface area contributed by atoms with Gasteiger partial charge in [-0.2, -0.15) is 0 Å². The fraction of sp³-hybridized carbons (Fsp3) is 0.158. The Labute approximate surface area is 114 Å². The molecule has 0 amide bonds. The van der Waals surface area contributed by atoms with Crippen LogP contribution in [0.15, 0.2) is 60.7 Å². The van der Waals surface area contributed by atoms with Crippen molar-refractivity contribution >= 4 is 10.8 Å². The molecule has 0 atom stereocenters. The molecule has 0 heterocycles. The molecule has 0 aliphatic heterocycles. The van der Waals surface area contributed by atoms with E-state index in [4.69, 9.17) is 0 Å². The lowest BCUT2D eigenvalue weighted by Gasteiger charge is -2.09. The van der Waals surface area contributed by atoms with Crippen LogP contribution in [-0.4, -0.2) is 0 Å². The van der Waals surface area contributed by atoms with Crippen molar-refractivity contribution < 1.29 is 0 Å². The number of fused-ring (bicyclic) bond motifs is 1. The lowest BCUT2D eigenvalue weighted by molar-refractivity contribution is 1.14. The van der Waals surface area contributed by atoms with Gasteiger partial charge in [-0.1, -0.05) is 67.6 Å². The molecule has 0 aliphatic rings. The second-order valence-corrected chi connectivity index (χ2v) is 5.03. The normalized spacial score (nSPS) is 10.8. The standard InChI is InChI=1S/C19H18/c1-3-15-9-11-16(12-10-15)18-13-8-14(2)17-6-4-5-7-19(17)18/h4-13H,3H2,1-2H3. The molecule has 0 saturated heterocycles. The predicted octanol–water partition coefficient (Wildman–Crippen LogP) is 5.38. The summed E-state index contributed by atoms with van der Waals surface area (Å²) in [5.41, 5.74) is 5.35. The van der Waals surface area contributed by atoms with Gasteiger partial charge in [0.1, 0.15) is 0 Å². The Balaban J connectivity index is 2.21. The monoisotopic (exact) mass is 246 g/mol. The average molecular weight is 246 g/mol. The van der Waals surface area contributed by atoms with Gasteiger partial charge >= 0.3 is 0 Å². The maximum atomic E-state index is 2.23. The maximum Gasteiger partial charge on any atom is -0.0103 e. The topological polar surface area (TPSA) is 0 Å². The summed E-state index contributed by atoms with van der Waals surface area (Å²) < 4.78 is 0. The first-order valence-electron chi connectivity index (χ1n) is 6.87. The quantitative estimate of drug-likeness (QED) is 0.569. The Morgan fingerprint density at radius 1 is 0.737 bits per heavy atom. The van der Waals surface area contributed by atoms with Gasteiger partial charge in [0.25, 0.3) is 0 Å². The maximum absolute atomic E-state index is 2.23. The lowest BCUT2D eigenvalue weighted by atomic mass is 9.95. The van der Waals surface area contributed by atoms with E-state index < -0.39 is 0 Å². The Kier molecular flexibility index (Phi) is 3.08. The molecule has 0 aliphatic carbocycles. The van der Waals surface area contributed by atoms with Gasteiger partial charge in [0.05, 0.1) is 0 Å². The van der Waals surface area contributed by atoms with Crippen molar-refractivity contribution in [2.24, 2.45) is 0 Å². The Morgan fingerprint density at radius 3 is 2.11 bits per heavy atom. The van der Waals surface area contributed by atoms with Crippen LogP contribution in [0.3, 0.4) is 0 Å². The minimum absolute atomic E-state index is 1.09. The van der Waals surface area contributed by atoms with Gasteiger partial charge in [-0.25, -0.2) is 0 Å². The van der Waals surface area contributed by atoms with Gasteiger partial charge in [0.15, 0.2) is 0 Å². The zero-order valence-electron chi connectivity index (χ0n) is 11.5. The van der Waals surface area contributed by atoms with Gasteiger partial charge in [0, 0.05) is 0 Å². The molecule has 3 aromatic carbocycles. The molecular weight excluding hydrogens is 228 g/mol. The molecule has 0 N–H and O–H groups in total. The van der Waals surface area contributed by atoms with Crippen LogP contribution in [0.4, 0.5) is 0 Å². The van der Waals surface area contributed by atoms with E-state index >= 15 is 0 Å². The first kappa shape index (κ1) is 12.0. The molecule has 3 aromatic rings. The minimum atomic E-state index is 1.09. The van der Waals surface area contributed by atoms with Crippen molar-refractivity contribution in [2.45, 2.75) is 20.3 Å². The predicted molar refractivity (Wildman–Crippen MR) is 83.5 cm³/mol. The zero-order valence-corrected chi connectivity index (χ0v) is 11.5. The Hall–Kier alpha value is -2.08. The Morgan fingerprint density at radius 2 is 1.42 bits per heavy atom. The largest absolute Gasteiger partial charge is 0.0616 e. The zero-order chi connectivity index (χ0) is 13.2. The van der Waals surface area contributed by atoms with Crippen LogP contribution in [0.2, 0.25) is 0 Å². The van der Waals surface area contributed by atoms with Crippen molar-refractivity contribution in [2.75, 3.05) is 0 Å². The van der Waals surface area contributed by atoms with Crippen molar-refractivity contribution in [3.63, 3.8) is 0 Å². The summed E-state index contributed by atoms with van der Waals surface area (Å²) in [5, 5.41) is 2.69. The molecule has 0 radical (unpaired) electrons. The van der Waals surface area contributed by atoms with Gasteiger partial charge in [0.2, 0.25) is 0 Å². The van der Waals surface area contributed by atoms with E-state index in [1.165, 1.54) is 33.0 Å². The summed E-state index contributed by atoms with van der Waals surface area (Å²) in [6, 6.07) is 22.0. The summed E-state index contributed by atoms with van der Waals surface area (Å²) in [6.07, 6.45) is 1.09. The fourth-order valence-corrected chi connectivity index (χ4v) is 2.62. The van der Waals surface area contributed by atoms with Gasteiger partial charge in [-0.3, -0.25) is 0 Å². The molecule has 0 bridgehead atoms. The third-order valence-electron chi connectivity index (χ3n) is 3.82. The average Bonchev–Trinajstić information content (AvgIpc) is 2.48. The van der Waals surface area contributed by atoms with Crippen molar-refractivity contribution in [3.05, 3.63) is 71.8 Å². The van der Waals surface area contributed by atoms with Crippen LogP contribution in [-0.2, 0) is 6.42 Å². The lowest BCUT2D eigenvalue weighted by Crippen LogP contribution is -1.85. The van der Waals surface area contributed by atoms with Crippen LogP contribution >= 0.6 is 0 Å². The third-order valence-corrected chi connectivity index (χ3v) is 3.82. The summed E-state index contributed by atoms with van der Waals surface area (Å²) in [4.78, 5) is 0. The van der Waals surface area contributed by atoms with Crippen molar-refractivity contribution in [1.29, 1.82) is 0 Å². The minimum Gasteiger partial charge on any atom is -0.0616 e. The van der Waals surface area contributed by atoms with E-state index in [-0.39, 0.29) is 0 Å². The number of hydrogen-bond acceptors (Lipinski definition) is 0. The van der Waals surface area contributed by atoms with Gasteiger partial charge < -0.3 is 0 Å². The highest BCUT2D eigenvalue weighted by Gasteiger charge is 2.05. The van der Waals surface area contributed by atoms with E-state index in [1.54, 1.807) is 0 Å². The van der Waals surface area contributed by atoms with E-state index in [0.717, 1.165) is 6.42 Å². The van der Waals surface area contributed by atoms with Crippen LogP contribution < -0.4 is 0 Å². The van der Waals surface area contributed by atoms with Crippen LogP contribution in [0.25, 0.3) is 21.9 Å². The van der Waals surface area contributed by atoms with Crippen LogP contribution in [0.1, 0.15) is 18.1 Å². The highest BCUT2D eigenvalue weighted by Crippen LogP contribution is 2.30. The molecule has 0 nitrogen and oxygen atoms in total. The van der Waals surface area contributed by atoms with Gasteiger partial charge in [-0.15, -0.1) is 0 Å². The molecule has 0 aromatic heterocycles.